The average molecular weight is 207 g/mol. The number of halogens is 1. The Labute approximate surface area is 76.9 Å². The average Bonchev–Trinajstić information content (AvgIpc) is 2.05. The molecule has 0 fully saturated rings. The van der Waals surface area contributed by atoms with Gasteiger partial charge in [0.25, 0.3) is 0 Å². The van der Waals surface area contributed by atoms with Crippen LogP contribution in [0.3, 0.4) is 0 Å². The molecule has 0 atom stereocenters. The molecule has 0 aliphatic rings. The summed E-state index contributed by atoms with van der Waals surface area (Å²) < 4.78 is 26.0. The molecule has 0 saturated carbocycles. The first-order chi connectivity index (χ1) is 5.65. The van der Waals surface area contributed by atoms with Gasteiger partial charge in [0.2, 0.25) is 0 Å². The summed E-state index contributed by atoms with van der Waals surface area (Å²) in [5.41, 5.74) is 0. The summed E-state index contributed by atoms with van der Waals surface area (Å²) in [6.45, 7) is 0. The zero-order valence-electron chi connectivity index (χ0n) is 6.28. The zero-order valence-corrected chi connectivity index (χ0v) is 7.93. The quantitative estimate of drug-likeness (QED) is 0.743. The minimum Gasteiger partial charge on any atom is -0.497 e. The Kier molecular flexibility index (Phi) is 2.94. The molecule has 0 aliphatic carbocycles. The maximum atomic E-state index is 10.6. The molecule has 1 aromatic rings. The van der Waals surface area contributed by atoms with Crippen LogP contribution >= 0.6 is 11.6 Å². The number of ether oxygens (including phenoxy) is 1. The van der Waals surface area contributed by atoms with E-state index in [0.29, 0.717) is 5.75 Å². The van der Waals surface area contributed by atoms with Crippen molar-refractivity contribution in [3.05, 3.63) is 23.2 Å². The Morgan fingerprint density at radius 2 is 2.08 bits per heavy atom. The topological polar surface area (TPSA) is 43.4 Å². The third-order valence-electron chi connectivity index (χ3n) is 1.35. The van der Waals surface area contributed by atoms with Gasteiger partial charge in [-0.2, -0.15) is 0 Å². The van der Waals surface area contributed by atoms with Gasteiger partial charge in [-0.05, 0) is 18.2 Å². The number of methoxy groups -OCH3 is 1. The van der Waals surface area contributed by atoms with Gasteiger partial charge < -0.3 is 4.74 Å². The van der Waals surface area contributed by atoms with Crippen molar-refractivity contribution < 1.29 is 13.2 Å². The lowest BCUT2D eigenvalue weighted by Crippen LogP contribution is -1.86. The first-order valence-corrected chi connectivity index (χ1v) is 4.68. The van der Waals surface area contributed by atoms with E-state index in [0.717, 1.165) is 0 Å². The summed E-state index contributed by atoms with van der Waals surface area (Å²) in [6.07, 6.45) is 0. The van der Waals surface area contributed by atoms with Crippen LogP contribution in [0.1, 0.15) is 0 Å². The second-order valence-electron chi connectivity index (χ2n) is 2.07. The molecule has 0 radical (unpaired) electrons. The van der Waals surface area contributed by atoms with Crippen molar-refractivity contribution in [1.29, 1.82) is 0 Å². The van der Waals surface area contributed by atoms with Crippen molar-refractivity contribution in [3.8, 4) is 5.75 Å². The van der Waals surface area contributed by atoms with Crippen LogP contribution in [-0.4, -0.2) is 15.5 Å². The Hall–Kier alpha value is -0.740. The van der Waals surface area contributed by atoms with Gasteiger partial charge in [-0.25, -0.2) is 8.42 Å². The Balaban J connectivity index is 3.26. The van der Waals surface area contributed by atoms with Crippen LogP contribution < -0.4 is 4.74 Å². The van der Waals surface area contributed by atoms with E-state index in [9.17, 15) is 8.42 Å². The summed E-state index contributed by atoms with van der Waals surface area (Å²) in [5, 5.41) is 0.215. The van der Waals surface area contributed by atoms with Crippen molar-refractivity contribution in [2.45, 2.75) is 4.90 Å². The summed E-state index contributed by atoms with van der Waals surface area (Å²) in [7, 11) is -1.19. The highest BCUT2D eigenvalue weighted by molar-refractivity contribution is 7.72. The van der Waals surface area contributed by atoms with Crippen LogP contribution in [-0.2, 0) is 10.7 Å². The smallest absolute Gasteiger partial charge is 0.169 e. The lowest BCUT2D eigenvalue weighted by molar-refractivity contribution is 0.413. The van der Waals surface area contributed by atoms with Gasteiger partial charge in [-0.3, -0.25) is 0 Å². The maximum Gasteiger partial charge on any atom is 0.169 e. The molecule has 0 aromatic heterocycles. The molecule has 0 bridgehead atoms. The molecule has 0 amide bonds. The highest BCUT2D eigenvalue weighted by Gasteiger charge is 2.03. The number of hydrogen-bond donors (Lipinski definition) is 1. The van der Waals surface area contributed by atoms with Crippen molar-refractivity contribution in [3.63, 3.8) is 0 Å². The van der Waals surface area contributed by atoms with Gasteiger partial charge >= 0.3 is 0 Å². The van der Waals surface area contributed by atoms with Crippen LogP contribution in [0.15, 0.2) is 23.1 Å². The molecule has 0 aliphatic heterocycles. The van der Waals surface area contributed by atoms with Crippen molar-refractivity contribution in [2.24, 2.45) is 0 Å². The Morgan fingerprint density at radius 1 is 1.42 bits per heavy atom. The molecule has 1 rings (SSSR count). The molecule has 12 heavy (non-hydrogen) atoms. The third kappa shape index (κ3) is 1.89. The molecule has 1 aromatic carbocycles. The number of thiol groups is 1. The lowest BCUT2D eigenvalue weighted by atomic mass is 10.3. The maximum absolute atomic E-state index is 10.6. The number of hydrogen-bond acceptors (Lipinski definition) is 3. The SMILES string of the molecule is COc1ccc(Cl)c([SH](=O)=O)c1. The third-order valence-corrected chi connectivity index (χ3v) is 2.57. The van der Waals surface area contributed by atoms with E-state index in [1.807, 2.05) is 0 Å². The van der Waals surface area contributed by atoms with E-state index in [1.165, 1.54) is 19.2 Å². The standard InChI is InChI=1S/C7H7ClO3S/c1-11-5-2-3-6(8)7(4-5)12(9)10/h2-4,12H,1H3. The molecule has 3 nitrogen and oxygen atoms in total. The monoisotopic (exact) mass is 206 g/mol. The van der Waals surface area contributed by atoms with Crippen molar-refractivity contribution >= 4 is 22.3 Å². The van der Waals surface area contributed by atoms with Gasteiger partial charge in [0.1, 0.15) is 5.75 Å². The second kappa shape index (κ2) is 3.78. The van der Waals surface area contributed by atoms with Gasteiger partial charge in [0, 0.05) is 0 Å². The summed E-state index contributed by atoms with van der Waals surface area (Å²) >= 11 is 5.61. The van der Waals surface area contributed by atoms with Crippen molar-refractivity contribution in [1.82, 2.24) is 0 Å². The fraction of sp³-hybridized carbons (Fsp3) is 0.143. The highest BCUT2D eigenvalue weighted by Crippen LogP contribution is 2.22. The molecular weight excluding hydrogens is 200 g/mol. The molecule has 0 unspecified atom stereocenters. The molecule has 0 heterocycles. The van der Waals surface area contributed by atoms with E-state index in [-0.39, 0.29) is 9.92 Å². The largest absolute Gasteiger partial charge is 0.497 e. The fourth-order valence-electron chi connectivity index (χ4n) is 0.759. The van der Waals surface area contributed by atoms with Gasteiger partial charge in [-0.1, -0.05) is 11.6 Å². The van der Waals surface area contributed by atoms with Crippen molar-refractivity contribution in [2.75, 3.05) is 7.11 Å². The fourth-order valence-corrected chi connectivity index (χ4v) is 1.57. The van der Waals surface area contributed by atoms with Gasteiger partial charge in [-0.15, -0.1) is 0 Å². The predicted octanol–water partition coefficient (Wildman–Crippen LogP) is 1.32. The van der Waals surface area contributed by atoms with Crippen LogP contribution in [0, 0.1) is 0 Å². The minimum atomic E-state index is -2.65. The van der Waals surface area contributed by atoms with Gasteiger partial charge in [0.15, 0.2) is 10.7 Å². The van der Waals surface area contributed by atoms with E-state index < -0.39 is 10.7 Å². The zero-order chi connectivity index (χ0) is 9.14. The van der Waals surface area contributed by atoms with E-state index in [2.05, 4.69) is 0 Å². The van der Waals surface area contributed by atoms with Crippen LogP contribution in [0.2, 0.25) is 5.02 Å². The molecule has 0 N–H and O–H groups in total. The Morgan fingerprint density at radius 3 is 2.58 bits per heavy atom. The lowest BCUT2D eigenvalue weighted by Gasteiger charge is -2.00. The number of rotatable bonds is 2. The van der Waals surface area contributed by atoms with Gasteiger partial charge in [0.05, 0.1) is 17.0 Å². The predicted molar refractivity (Wildman–Crippen MR) is 46.6 cm³/mol. The van der Waals surface area contributed by atoms with Crippen LogP contribution in [0.4, 0.5) is 0 Å². The van der Waals surface area contributed by atoms with E-state index in [4.69, 9.17) is 16.3 Å². The van der Waals surface area contributed by atoms with Crippen LogP contribution in [0.25, 0.3) is 0 Å². The normalized spacial score (nSPS) is 10.2. The summed E-state index contributed by atoms with van der Waals surface area (Å²) in [6, 6.07) is 4.47. The highest BCUT2D eigenvalue weighted by atomic mass is 35.5. The summed E-state index contributed by atoms with van der Waals surface area (Å²) in [5.74, 6) is 0.480. The molecule has 66 valence electrons. The van der Waals surface area contributed by atoms with E-state index in [1.54, 1.807) is 6.07 Å². The molecule has 0 spiro atoms. The second-order valence-corrected chi connectivity index (χ2v) is 3.48. The van der Waals surface area contributed by atoms with Crippen LogP contribution in [0.5, 0.6) is 5.75 Å². The summed E-state index contributed by atoms with van der Waals surface area (Å²) in [4.78, 5) is 0.0889. The first kappa shape index (κ1) is 9.35. The molecule has 5 heteroatoms. The Bertz CT molecular complexity index is 352. The molecule has 0 saturated heterocycles. The first-order valence-electron chi connectivity index (χ1n) is 3.13. The van der Waals surface area contributed by atoms with E-state index >= 15 is 0 Å². The number of benzene rings is 1. The minimum absolute atomic E-state index is 0.0889. The molecular formula is C7H7ClO3S.